The van der Waals surface area contributed by atoms with Gasteiger partial charge < -0.3 is 39.4 Å². The average Bonchev–Trinajstić information content (AvgIpc) is 3.57. The zero-order valence-electron chi connectivity index (χ0n) is 31.0. The van der Waals surface area contributed by atoms with Gasteiger partial charge in [-0.3, -0.25) is 29.0 Å². The number of nitrogens with one attached hydrogen (secondary N) is 2. The Balaban J connectivity index is 1.13. The molecule has 14 heteroatoms. The normalized spacial score (nSPS) is 17.7. The number of esters is 1. The monoisotopic (exact) mass is 749 g/mol. The van der Waals surface area contributed by atoms with Crippen molar-refractivity contribution in [1.82, 2.24) is 25.4 Å². The summed E-state index contributed by atoms with van der Waals surface area (Å²) in [6, 6.07) is 19.1. The number of piperazine rings is 1. The number of pyridine rings is 1. The van der Waals surface area contributed by atoms with Crippen molar-refractivity contribution in [2.45, 2.75) is 43.9 Å². The fourth-order valence-electron chi connectivity index (χ4n) is 7.18. The first-order chi connectivity index (χ1) is 26.6. The van der Waals surface area contributed by atoms with Gasteiger partial charge in [-0.2, -0.15) is 0 Å². The highest BCUT2D eigenvalue weighted by molar-refractivity contribution is 6.02. The van der Waals surface area contributed by atoms with Crippen LogP contribution in [0.3, 0.4) is 0 Å². The fourth-order valence-corrected chi connectivity index (χ4v) is 7.18. The highest BCUT2D eigenvalue weighted by Gasteiger charge is 2.59. The van der Waals surface area contributed by atoms with Crippen molar-refractivity contribution in [3.05, 3.63) is 108 Å². The molecule has 2 aliphatic rings. The van der Waals surface area contributed by atoms with Crippen LogP contribution in [0.1, 0.15) is 39.9 Å². The molecule has 0 aliphatic carbocycles. The maximum atomic E-state index is 14.4. The third kappa shape index (κ3) is 8.38. The second kappa shape index (κ2) is 16.7. The minimum absolute atomic E-state index is 0.0202. The van der Waals surface area contributed by atoms with Gasteiger partial charge in [0.25, 0.3) is 5.91 Å². The lowest BCUT2D eigenvalue weighted by Crippen LogP contribution is -2.65. The molecule has 0 radical (unpaired) electrons. The molecule has 1 aromatic heterocycles. The smallest absolute Gasteiger partial charge is 0.309 e. The van der Waals surface area contributed by atoms with Gasteiger partial charge in [-0.1, -0.05) is 55.1 Å². The van der Waals surface area contributed by atoms with Gasteiger partial charge in [0.2, 0.25) is 17.7 Å². The lowest BCUT2D eigenvalue weighted by molar-refractivity contribution is -0.167. The maximum Gasteiger partial charge on any atom is 0.309 e. The number of ether oxygens (including phenoxy) is 4. The van der Waals surface area contributed by atoms with Crippen LogP contribution >= 0.6 is 0 Å². The number of methoxy groups -OCH3 is 3. The molecular weight excluding hydrogens is 706 g/mol. The molecule has 0 saturated carbocycles. The molecule has 286 valence electrons. The van der Waals surface area contributed by atoms with E-state index in [1.807, 2.05) is 24.3 Å². The number of hydrogen-bond acceptors (Lipinski definition) is 10. The van der Waals surface area contributed by atoms with Gasteiger partial charge >= 0.3 is 5.97 Å². The number of aromatic nitrogens is 1. The van der Waals surface area contributed by atoms with Gasteiger partial charge in [-0.15, -0.1) is 0 Å². The molecule has 3 heterocycles. The van der Waals surface area contributed by atoms with E-state index < -0.39 is 29.4 Å². The summed E-state index contributed by atoms with van der Waals surface area (Å²) >= 11 is 0. The van der Waals surface area contributed by atoms with Crippen LogP contribution in [0.2, 0.25) is 0 Å². The van der Waals surface area contributed by atoms with E-state index in [0.717, 1.165) is 22.0 Å². The molecule has 2 fully saturated rings. The maximum absolute atomic E-state index is 14.4. The SMILES string of the molecule is C=CCOC(=O)CC12C[C@H](NC(=O)c3cnc4ccccc4c3)CN1C(=O)CN(Cc1ccc(CC(=O)NCc3c(OC)cc(OC)cc3OC)cc1)C2=O. The summed E-state index contributed by atoms with van der Waals surface area (Å²) in [5, 5.41) is 6.66. The van der Waals surface area contributed by atoms with Crippen molar-refractivity contribution in [3.8, 4) is 17.2 Å². The minimum Gasteiger partial charge on any atom is -0.496 e. The van der Waals surface area contributed by atoms with Crippen LogP contribution in [-0.4, -0.2) is 97.0 Å². The number of rotatable bonds is 15. The van der Waals surface area contributed by atoms with E-state index in [2.05, 4.69) is 22.2 Å². The second-order valence-electron chi connectivity index (χ2n) is 13.4. The molecule has 0 spiro atoms. The summed E-state index contributed by atoms with van der Waals surface area (Å²) in [6.45, 7) is 3.63. The molecule has 14 nitrogen and oxygen atoms in total. The number of fused-ring (bicyclic) bond motifs is 2. The number of carbonyl (C=O) groups is 5. The van der Waals surface area contributed by atoms with E-state index in [-0.39, 0.29) is 63.9 Å². The van der Waals surface area contributed by atoms with Crippen molar-refractivity contribution >= 4 is 40.5 Å². The molecule has 2 N–H and O–H groups in total. The Morgan fingerprint density at radius 2 is 1.67 bits per heavy atom. The van der Waals surface area contributed by atoms with Crippen LogP contribution in [-0.2, 0) is 43.4 Å². The number of amides is 4. The van der Waals surface area contributed by atoms with Crippen LogP contribution in [0.25, 0.3) is 10.9 Å². The van der Waals surface area contributed by atoms with E-state index in [1.54, 1.807) is 49.6 Å². The molecule has 2 aliphatic heterocycles. The van der Waals surface area contributed by atoms with Crippen molar-refractivity contribution in [1.29, 1.82) is 0 Å². The van der Waals surface area contributed by atoms with Crippen molar-refractivity contribution in [2.24, 2.45) is 0 Å². The molecular formula is C41H43N5O9. The van der Waals surface area contributed by atoms with E-state index in [1.165, 1.54) is 36.3 Å². The van der Waals surface area contributed by atoms with E-state index in [0.29, 0.717) is 28.4 Å². The Hall–Kier alpha value is -6.44. The lowest BCUT2D eigenvalue weighted by atomic mass is 9.86. The van der Waals surface area contributed by atoms with Gasteiger partial charge in [0.15, 0.2) is 0 Å². The molecule has 55 heavy (non-hydrogen) atoms. The van der Waals surface area contributed by atoms with Crippen LogP contribution in [0.15, 0.2) is 85.6 Å². The van der Waals surface area contributed by atoms with E-state index in [9.17, 15) is 24.0 Å². The largest absolute Gasteiger partial charge is 0.496 e. The zero-order chi connectivity index (χ0) is 39.1. The predicted octanol–water partition coefficient (Wildman–Crippen LogP) is 3.35. The van der Waals surface area contributed by atoms with Gasteiger partial charge in [0, 0.05) is 49.3 Å². The van der Waals surface area contributed by atoms with Gasteiger partial charge in [-0.05, 0) is 23.3 Å². The zero-order valence-corrected chi connectivity index (χ0v) is 31.0. The Labute approximate surface area is 318 Å². The van der Waals surface area contributed by atoms with Crippen molar-refractivity contribution in [2.75, 3.05) is 41.0 Å². The Morgan fingerprint density at radius 3 is 2.36 bits per heavy atom. The minimum atomic E-state index is -1.56. The molecule has 6 rings (SSSR count). The number of benzene rings is 3. The second-order valence-corrected chi connectivity index (χ2v) is 13.4. The molecule has 2 atom stereocenters. The molecule has 2 saturated heterocycles. The lowest BCUT2D eigenvalue weighted by Gasteiger charge is -2.44. The number of nitrogens with zero attached hydrogens (tertiary/aromatic N) is 3. The first kappa shape index (κ1) is 38.3. The van der Waals surface area contributed by atoms with E-state index >= 15 is 0 Å². The number of carbonyl (C=O) groups excluding carboxylic acids is 5. The molecule has 4 aromatic rings. The third-order valence-electron chi connectivity index (χ3n) is 9.84. The molecule has 3 aromatic carbocycles. The van der Waals surface area contributed by atoms with Crippen LogP contribution in [0.4, 0.5) is 0 Å². The number of para-hydroxylation sites is 1. The van der Waals surface area contributed by atoms with Crippen LogP contribution in [0.5, 0.6) is 17.2 Å². The van der Waals surface area contributed by atoms with Crippen molar-refractivity contribution < 1.29 is 42.9 Å². The van der Waals surface area contributed by atoms with Gasteiger partial charge in [-0.25, -0.2) is 0 Å². The topological polar surface area (TPSA) is 166 Å². The predicted molar refractivity (Wildman–Crippen MR) is 201 cm³/mol. The highest BCUT2D eigenvalue weighted by atomic mass is 16.5. The Bertz CT molecular complexity index is 2100. The number of hydrogen-bond donors (Lipinski definition) is 2. The first-order valence-corrected chi connectivity index (χ1v) is 17.7. The van der Waals surface area contributed by atoms with Gasteiger partial charge in [0.1, 0.15) is 35.9 Å². The highest BCUT2D eigenvalue weighted by Crippen LogP contribution is 2.39. The van der Waals surface area contributed by atoms with Crippen molar-refractivity contribution in [3.63, 3.8) is 0 Å². The summed E-state index contributed by atoms with van der Waals surface area (Å²) in [4.78, 5) is 74.6. The third-order valence-corrected chi connectivity index (χ3v) is 9.84. The molecule has 0 bridgehead atoms. The first-order valence-electron chi connectivity index (χ1n) is 17.7. The molecule has 4 amide bonds. The van der Waals surface area contributed by atoms with Gasteiger partial charge in [0.05, 0.1) is 57.4 Å². The summed E-state index contributed by atoms with van der Waals surface area (Å²) in [5.74, 6) is -0.468. The van der Waals surface area contributed by atoms with E-state index in [4.69, 9.17) is 18.9 Å². The Kier molecular flexibility index (Phi) is 11.6. The molecule has 1 unspecified atom stereocenters. The fraction of sp³-hybridized carbons (Fsp3) is 0.317. The average molecular weight is 750 g/mol. The Morgan fingerprint density at radius 1 is 0.964 bits per heavy atom. The van der Waals surface area contributed by atoms with Crippen LogP contribution in [0, 0.1) is 0 Å². The summed E-state index contributed by atoms with van der Waals surface area (Å²) < 4.78 is 21.5. The summed E-state index contributed by atoms with van der Waals surface area (Å²) in [6.07, 6.45) is 2.64. The van der Waals surface area contributed by atoms with Crippen LogP contribution < -0.4 is 24.8 Å². The standard InChI is InChI=1S/C41H43N5O9/c1-5-14-55-38(49)20-41-19-30(44-39(50)29-16-28-8-6-7-9-33(28)42-21-29)24-46(41)37(48)25-45(40(41)51)23-27-12-10-26(11-13-27)15-36(47)43-22-32-34(53-3)17-31(52-2)18-35(32)54-4/h5-13,16-18,21,30H,1,14-15,19-20,22-25H2,2-4H3,(H,43,47)(H,44,50)/t30-,41?/m0/s1. The quantitative estimate of drug-likeness (QED) is 0.136. The summed E-state index contributed by atoms with van der Waals surface area (Å²) in [7, 11) is 4.59. The summed E-state index contributed by atoms with van der Waals surface area (Å²) in [5.41, 5.74) is 1.65.